The second kappa shape index (κ2) is 8.41. The summed E-state index contributed by atoms with van der Waals surface area (Å²) in [6.07, 6.45) is -0.103. The predicted molar refractivity (Wildman–Crippen MR) is 85.1 cm³/mol. The number of aliphatic carboxylic acids is 1. The van der Waals surface area contributed by atoms with Crippen molar-refractivity contribution in [3.8, 4) is 5.75 Å². The Morgan fingerprint density at radius 1 is 1.27 bits per heavy atom. The molecule has 0 heterocycles. The van der Waals surface area contributed by atoms with Gasteiger partial charge in [-0.1, -0.05) is 26.0 Å². The number of carbonyl (C=O) groups excluding carboxylic acids is 1. The number of hydrogen-bond acceptors (Lipinski definition) is 3. The van der Waals surface area contributed by atoms with E-state index in [1.807, 2.05) is 24.3 Å². The van der Waals surface area contributed by atoms with Crippen molar-refractivity contribution in [3.05, 3.63) is 29.8 Å². The van der Waals surface area contributed by atoms with Gasteiger partial charge in [0.05, 0.1) is 0 Å². The van der Waals surface area contributed by atoms with Crippen LogP contribution in [-0.4, -0.2) is 41.6 Å². The van der Waals surface area contributed by atoms with Gasteiger partial charge in [-0.05, 0) is 37.0 Å². The third kappa shape index (κ3) is 5.76. The first-order valence-corrected chi connectivity index (χ1v) is 7.54. The van der Waals surface area contributed by atoms with Crippen molar-refractivity contribution in [3.63, 3.8) is 0 Å². The van der Waals surface area contributed by atoms with Crippen molar-refractivity contribution in [2.45, 2.75) is 45.6 Å². The van der Waals surface area contributed by atoms with Crippen molar-refractivity contribution < 1.29 is 19.4 Å². The maximum Gasteiger partial charge on any atom is 0.303 e. The van der Waals surface area contributed by atoms with E-state index in [2.05, 4.69) is 13.8 Å². The number of carboxylic acid groups (broad SMARTS) is 1. The van der Waals surface area contributed by atoms with Crippen LogP contribution in [0.5, 0.6) is 5.75 Å². The van der Waals surface area contributed by atoms with Crippen molar-refractivity contribution in [1.82, 2.24) is 4.90 Å². The first-order chi connectivity index (χ1) is 10.3. The van der Waals surface area contributed by atoms with Crippen LogP contribution >= 0.6 is 0 Å². The molecule has 5 nitrogen and oxygen atoms in total. The lowest BCUT2D eigenvalue weighted by Crippen LogP contribution is -2.38. The van der Waals surface area contributed by atoms with Gasteiger partial charge in [0.25, 0.3) is 5.91 Å². The van der Waals surface area contributed by atoms with E-state index >= 15 is 0 Å². The van der Waals surface area contributed by atoms with Gasteiger partial charge in [0, 0.05) is 20.0 Å². The summed E-state index contributed by atoms with van der Waals surface area (Å²) >= 11 is 0. The van der Waals surface area contributed by atoms with Crippen LogP contribution in [0.3, 0.4) is 0 Å². The molecule has 1 aromatic rings. The molecule has 122 valence electrons. The lowest BCUT2D eigenvalue weighted by Gasteiger charge is -2.22. The van der Waals surface area contributed by atoms with Gasteiger partial charge in [0.2, 0.25) is 0 Å². The van der Waals surface area contributed by atoms with E-state index in [9.17, 15) is 9.59 Å². The summed E-state index contributed by atoms with van der Waals surface area (Å²) in [5.74, 6) is 0.0650. The molecule has 0 aromatic heterocycles. The van der Waals surface area contributed by atoms with E-state index in [0.717, 1.165) is 5.56 Å². The molecule has 1 N–H and O–H groups in total. The number of amides is 1. The summed E-state index contributed by atoms with van der Waals surface area (Å²) in [4.78, 5) is 24.2. The summed E-state index contributed by atoms with van der Waals surface area (Å²) in [6.45, 7) is 6.32. The van der Waals surface area contributed by atoms with E-state index < -0.39 is 12.1 Å². The molecule has 22 heavy (non-hydrogen) atoms. The Labute approximate surface area is 131 Å². The zero-order chi connectivity index (χ0) is 16.7. The molecular weight excluding hydrogens is 282 g/mol. The molecule has 0 saturated carbocycles. The molecule has 1 aromatic carbocycles. The molecule has 1 atom stereocenters. The van der Waals surface area contributed by atoms with Crippen molar-refractivity contribution in [2.75, 3.05) is 13.6 Å². The minimum atomic E-state index is -0.851. The van der Waals surface area contributed by atoms with Gasteiger partial charge < -0.3 is 14.7 Å². The minimum absolute atomic E-state index is 0.0588. The van der Waals surface area contributed by atoms with Crippen LogP contribution in [0.4, 0.5) is 0 Å². The molecule has 5 heteroatoms. The first kappa shape index (κ1) is 18.0. The molecule has 0 radical (unpaired) electrons. The fraction of sp³-hybridized carbons (Fsp3) is 0.529. The Bertz CT molecular complexity index is 513. The number of hydrogen-bond donors (Lipinski definition) is 1. The fourth-order valence-electron chi connectivity index (χ4n) is 2.09. The highest BCUT2D eigenvalue weighted by atomic mass is 16.5. The zero-order valence-corrected chi connectivity index (χ0v) is 13.7. The van der Waals surface area contributed by atoms with Gasteiger partial charge in [0.15, 0.2) is 6.10 Å². The smallest absolute Gasteiger partial charge is 0.303 e. The number of rotatable bonds is 8. The molecular formula is C17H25NO4. The van der Waals surface area contributed by atoms with Crippen molar-refractivity contribution in [2.24, 2.45) is 0 Å². The van der Waals surface area contributed by atoms with Crippen LogP contribution in [-0.2, 0) is 9.59 Å². The monoisotopic (exact) mass is 307 g/mol. The number of carbonyl (C=O) groups is 2. The molecule has 1 unspecified atom stereocenters. The van der Waals surface area contributed by atoms with E-state index in [1.165, 1.54) is 4.90 Å². The second-order valence-corrected chi connectivity index (χ2v) is 5.74. The highest BCUT2D eigenvalue weighted by Crippen LogP contribution is 2.21. The Hall–Kier alpha value is -2.04. The SMILES string of the molecule is CC(Oc1cccc(C(C)C)c1)C(=O)N(C)CCCC(=O)O. The average Bonchev–Trinajstić information content (AvgIpc) is 2.46. The van der Waals surface area contributed by atoms with Crippen molar-refractivity contribution >= 4 is 11.9 Å². The molecule has 0 saturated heterocycles. The molecule has 1 rings (SSSR count). The van der Waals surface area contributed by atoms with E-state index in [4.69, 9.17) is 9.84 Å². The summed E-state index contributed by atoms with van der Waals surface area (Å²) in [5, 5.41) is 8.61. The number of benzene rings is 1. The van der Waals surface area contributed by atoms with E-state index in [1.54, 1.807) is 14.0 Å². The number of likely N-dealkylation sites (N-methyl/N-ethyl adjacent to an activating group) is 1. The van der Waals surface area contributed by atoms with Crippen LogP contribution in [0.1, 0.15) is 45.1 Å². The van der Waals surface area contributed by atoms with E-state index in [-0.39, 0.29) is 12.3 Å². The number of ether oxygens (including phenoxy) is 1. The average molecular weight is 307 g/mol. The highest BCUT2D eigenvalue weighted by molar-refractivity contribution is 5.80. The maximum absolute atomic E-state index is 12.2. The predicted octanol–water partition coefficient (Wildman–Crippen LogP) is 2.90. The quantitative estimate of drug-likeness (QED) is 0.802. The summed E-state index contributed by atoms with van der Waals surface area (Å²) in [5.41, 5.74) is 1.16. The molecule has 0 aliphatic carbocycles. The van der Waals surface area contributed by atoms with Crippen LogP contribution in [0.15, 0.2) is 24.3 Å². The Morgan fingerprint density at radius 3 is 2.55 bits per heavy atom. The normalized spacial score (nSPS) is 12.0. The van der Waals surface area contributed by atoms with Crippen LogP contribution < -0.4 is 4.74 Å². The Kier molecular flexibility index (Phi) is 6.89. The molecule has 0 spiro atoms. The summed E-state index contributed by atoms with van der Waals surface area (Å²) in [7, 11) is 1.66. The van der Waals surface area contributed by atoms with Gasteiger partial charge in [-0.15, -0.1) is 0 Å². The topological polar surface area (TPSA) is 66.8 Å². The fourth-order valence-corrected chi connectivity index (χ4v) is 2.09. The lowest BCUT2D eigenvalue weighted by molar-refractivity contribution is -0.139. The molecule has 1 amide bonds. The highest BCUT2D eigenvalue weighted by Gasteiger charge is 2.19. The Balaban J connectivity index is 2.56. The maximum atomic E-state index is 12.2. The zero-order valence-electron chi connectivity index (χ0n) is 13.7. The van der Waals surface area contributed by atoms with Crippen LogP contribution in [0.25, 0.3) is 0 Å². The first-order valence-electron chi connectivity index (χ1n) is 7.54. The number of nitrogens with zero attached hydrogens (tertiary/aromatic N) is 1. The minimum Gasteiger partial charge on any atom is -0.481 e. The van der Waals surface area contributed by atoms with Gasteiger partial charge in [0.1, 0.15) is 5.75 Å². The molecule has 0 bridgehead atoms. The molecule has 0 aliphatic heterocycles. The summed E-state index contributed by atoms with van der Waals surface area (Å²) in [6, 6.07) is 7.72. The summed E-state index contributed by atoms with van der Waals surface area (Å²) < 4.78 is 5.71. The lowest BCUT2D eigenvalue weighted by atomic mass is 10.0. The molecule has 0 aliphatic rings. The van der Waals surface area contributed by atoms with E-state index in [0.29, 0.717) is 24.6 Å². The van der Waals surface area contributed by atoms with Crippen LogP contribution in [0.2, 0.25) is 0 Å². The van der Waals surface area contributed by atoms with Crippen molar-refractivity contribution in [1.29, 1.82) is 0 Å². The van der Waals surface area contributed by atoms with Gasteiger partial charge in [-0.3, -0.25) is 9.59 Å². The molecule has 0 fully saturated rings. The van der Waals surface area contributed by atoms with Gasteiger partial charge in [-0.25, -0.2) is 0 Å². The Morgan fingerprint density at radius 2 is 1.95 bits per heavy atom. The standard InChI is InChI=1S/C17H25NO4/c1-12(2)14-7-5-8-15(11-14)22-13(3)17(21)18(4)10-6-9-16(19)20/h5,7-8,11-13H,6,9-10H2,1-4H3,(H,19,20). The third-order valence-electron chi connectivity index (χ3n) is 3.45. The van der Waals surface area contributed by atoms with Crippen LogP contribution in [0, 0.1) is 0 Å². The van der Waals surface area contributed by atoms with Gasteiger partial charge in [-0.2, -0.15) is 0 Å². The third-order valence-corrected chi connectivity index (χ3v) is 3.45. The van der Waals surface area contributed by atoms with Gasteiger partial charge >= 0.3 is 5.97 Å². The largest absolute Gasteiger partial charge is 0.481 e. The number of carboxylic acids is 1. The second-order valence-electron chi connectivity index (χ2n) is 5.74.